The van der Waals surface area contributed by atoms with Gasteiger partial charge in [0.25, 0.3) is 0 Å². The van der Waals surface area contributed by atoms with Gasteiger partial charge < -0.3 is 5.11 Å². The Morgan fingerprint density at radius 2 is 1.00 bits per heavy atom. The molecule has 2 heteroatoms. The van der Waals surface area contributed by atoms with Crippen LogP contribution in [0.15, 0.2) is 0 Å². The van der Waals surface area contributed by atoms with Crippen LogP contribution in [-0.2, 0) is 4.79 Å². The minimum absolute atomic E-state index is 0.0731. The van der Waals surface area contributed by atoms with Crippen LogP contribution in [0.25, 0.3) is 0 Å². The van der Waals surface area contributed by atoms with Gasteiger partial charge in [0.05, 0.1) is 0 Å². The Morgan fingerprint density at radius 1 is 0.625 bits per heavy atom. The Balaban J connectivity index is 3.33. The molecule has 0 aromatic rings. The Kier molecular flexibility index (Phi) is 18.7. The third-order valence-corrected chi connectivity index (χ3v) is 4.98. The van der Waals surface area contributed by atoms with Gasteiger partial charge in [-0.05, 0) is 12.8 Å². The maximum Gasteiger partial charge on any atom is 0.161 e. The van der Waals surface area contributed by atoms with E-state index in [0.29, 0.717) is 12.8 Å². The van der Waals surface area contributed by atoms with Crippen molar-refractivity contribution in [3.63, 3.8) is 0 Å². The Hall–Kier alpha value is -0.370. The first-order chi connectivity index (χ1) is 11.7. The number of hydrogen-bond donors (Lipinski definition) is 1. The lowest BCUT2D eigenvalue weighted by molar-refractivity contribution is -0.127. The van der Waals surface area contributed by atoms with Crippen molar-refractivity contribution in [2.24, 2.45) is 0 Å². The van der Waals surface area contributed by atoms with Crippen molar-refractivity contribution in [3.8, 4) is 0 Å². The van der Waals surface area contributed by atoms with Gasteiger partial charge in [-0.1, -0.05) is 110 Å². The van der Waals surface area contributed by atoms with Crippen molar-refractivity contribution in [3.05, 3.63) is 0 Å². The van der Waals surface area contributed by atoms with Gasteiger partial charge in [-0.15, -0.1) is 0 Å². The molecule has 0 heterocycles. The topological polar surface area (TPSA) is 37.3 Å². The molecule has 0 saturated carbocycles. The minimum atomic E-state index is -0.699. The maximum absolute atomic E-state index is 11.9. The van der Waals surface area contributed by atoms with Crippen LogP contribution >= 0.6 is 0 Å². The van der Waals surface area contributed by atoms with E-state index >= 15 is 0 Å². The van der Waals surface area contributed by atoms with E-state index in [-0.39, 0.29) is 5.78 Å². The summed E-state index contributed by atoms with van der Waals surface area (Å²) in [5.41, 5.74) is 0. The number of unbranched alkanes of at least 4 members (excludes halogenated alkanes) is 14. The molecule has 1 atom stereocenters. The maximum atomic E-state index is 11.9. The molecule has 2 nitrogen and oxygen atoms in total. The monoisotopic (exact) mass is 340 g/mol. The fraction of sp³-hybridized carbons (Fsp3) is 0.955. The number of ketones is 1. The van der Waals surface area contributed by atoms with Crippen LogP contribution in [-0.4, -0.2) is 17.0 Å². The number of Topliss-reactive ketones (excluding diaryl/α,β-unsaturated/α-hetero) is 1. The summed E-state index contributed by atoms with van der Waals surface area (Å²) in [5.74, 6) is 0.0731. The van der Waals surface area contributed by atoms with Gasteiger partial charge in [0.1, 0.15) is 6.10 Å². The lowest BCUT2D eigenvalue weighted by Gasteiger charge is -2.09. The zero-order chi connectivity index (χ0) is 17.9. The molecule has 24 heavy (non-hydrogen) atoms. The number of hydrogen-bond acceptors (Lipinski definition) is 2. The molecule has 1 N–H and O–H groups in total. The second kappa shape index (κ2) is 19.0. The number of carbonyl (C=O) groups excluding carboxylic acids is 1. The first-order valence-electron chi connectivity index (χ1n) is 10.9. The van der Waals surface area contributed by atoms with Gasteiger partial charge in [-0.25, -0.2) is 0 Å². The van der Waals surface area contributed by atoms with Gasteiger partial charge in [-0.2, -0.15) is 0 Å². The minimum Gasteiger partial charge on any atom is -0.385 e. The summed E-state index contributed by atoms with van der Waals surface area (Å²) < 4.78 is 0. The van der Waals surface area contributed by atoms with Gasteiger partial charge in [0.15, 0.2) is 5.78 Å². The largest absolute Gasteiger partial charge is 0.385 e. The number of aliphatic hydroxyl groups is 1. The Bertz CT molecular complexity index is 263. The van der Waals surface area contributed by atoms with Gasteiger partial charge in [-0.3, -0.25) is 4.79 Å². The molecule has 0 aliphatic carbocycles. The molecule has 144 valence electrons. The van der Waals surface area contributed by atoms with E-state index in [1.54, 1.807) is 0 Å². The van der Waals surface area contributed by atoms with Crippen molar-refractivity contribution in [2.45, 2.75) is 136 Å². The zero-order valence-corrected chi connectivity index (χ0v) is 16.7. The van der Waals surface area contributed by atoms with E-state index < -0.39 is 6.10 Å². The van der Waals surface area contributed by atoms with Crippen molar-refractivity contribution in [1.82, 2.24) is 0 Å². The van der Waals surface area contributed by atoms with Crippen molar-refractivity contribution in [1.29, 1.82) is 0 Å². The second-order valence-electron chi connectivity index (χ2n) is 7.47. The first-order valence-corrected chi connectivity index (χ1v) is 10.9. The van der Waals surface area contributed by atoms with E-state index in [1.165, 1.54) is 77.0 Å². The average Bonchev–Trinajstić information content (AvgIpc) is 2.59. The van der Waals surface area contributed by atoms with Crippen LogP contribution in [0.5, 0.6) is 0 Å². The average molecular weight is 341 g/mol. The summed E-state index contributed by atoms with van der Waals surface area (Å²) >= 11 is 0. The van der Waals surface area contributed by atoms with Crippen LogP contribution in [0.2, 0.25) is 0 Å². The highest BCUT2D eigenvalue weighted by Gasteiger charge is 2.13. The molecule has 1 unspecified atom stereocenters. The molecule has 0 aromatic carbocycles. The molecular weight excluding hydrogens is 296 g/mol. The smallest absolute Gasteiger partial charge is 0.161 e. The van der Waals surface area contributed by atoms with Crippen LogP contribution in [0.4, 0.5) is 0 Å². The van der Waals surface area contributed by atoms with Gasteiger partial charge in [0, 0.05) is 6.42 Å². The van der Waals surface area contributed by atoms with E-state index in [0.717, 1.165) is 25.7 Å². The molecule has 0 amide bonds. The van der Waals surface area contributed by atoms with E-state index in [1.807, 2.05) is 0 Å². The van der Waals surface area contributed by atoms with Crippen LogP contribution in [0.3, 0.4) is 0 Å². The Morgan fingerprint density at radius 3 is 1.46 bits per heavy atom. The molecule has 0 radical (unpaired) electrons. The molecule has 0 aromatic heterocycles. The normalized spacial score (nSPS) is 12.5. The number of rotatable bonds is 19. The third kappa shape index (κ3) is 16.5. The summed E-state index contributed by atoms with van der Waals surface area (Å²) in [6.07, 6.45) is 20.6. The predicted molar refractivity (Wildman–Crippen MR) is 105 cm³/mol. The van der Waals surface area contributed by atoms with Crippen LogP contribution < -0.4 is 0 Å². The predicted octanol–water partition coefficient (Wildman–Crippen LogP) is 6.98. The van der Waals surface area contributed by atoms with Crippen LogP contribution in [0.1, 0.15) is 129 Å². The summed E-state index contributed by atoms with van der Waals surface area (Å²) in [6, 6.07) is 0. The van der Waals surface area contributed by atoms with E-state index in [9.17, 15) is 9.90 Å². The first kappa shape index (κ1) is 23.6. The molecule has 0 aliphatic rings. The fourth-order valence-corrected chi connectivity index (χ4v) is 3.23. The highest BCUT2D eigenvalue weighted by atomic mass is 16.3. The Labute approximate surface area is 151 Å². The molecule has 0 bridgehead atoms. The molecule has 0 rings (SSSR count). The van der Waals surface area contributed by atoms with Gasteiger partial charge >= 0.3 is 0 Å². The summed E-state index contributed by atoms with van der Waals surface area (Å²) in [5, 5.41) is 9.93. The van der Waals surface area contributed by atoms with Gasteiger partial charge in [0.2, 0.25) is 0 Å². The highest BCUT2D eigenvalue weighted by Crippen LogP contribution is 2.13. The standard InChI is InChI=1S/C22H44O2/c1-3-5-7-9-11-12-14-16-18-20-22(24)21(23)19-17-15-13-10-8-6-4-2/h21,23H,3-20H2,1-2H3. The van der Waals surface area contributed by atoms with Crippen molar-refractivity contribution >= 4 is 5.78 Å². The molecule has 0 fully saturated rings. The number of aliphatic hydroxyl groups excluding tert-OH is 1. The number of carbonyl (C=O) groups is 1. The quantitative estimate of drug-likeness (QED) is 0.258. The summed E-state index contributed by atoms with van der Waals surface area (Å²) in [6.45, 7) is 4.48. The summed E-state index contributed by atoms with van der Waals surface area (Å²) in [4.78, 5) is 11.9. The lowest BCUT2D eigenvalue weighted by atomic mass is 10.0. The molecule has 0 saturated heterocycles. The zero-order valence-electron chi connectivity index (χ0n) is 16.7. The van der Waals surface area contributed by atoms with Crippen molar-refractivity contribution < 1.29 is 9.90 Å². The summed E-state index contributed by atoms with van der Waals surface area (Å²) in [7, 11) is 0. The third-order valence-electron chi connectivity index (χ3n) is 4.98. The van der Waals surface area contributed by atoms with E-state index in [2.05, 4.69) is 13.8 Å². The van der Waals surface area contributed by atoms with Crippen LogP contribution in [0, 0.1) is 0 Å². The van der Waals surface area contributed by atoms with Crippen molar-refractivity contribution in [2.75, 3.05) is 0 Å². The molecule has 0 spiro atoms. The fourth-order valence-electron chi connectivity index (χ4n) is 3.23. The SMILES string of the molecule is CCCCCCCCCCCC(=O)C(O)CCCCCCCCC. The van der Waals surface area contributed by atoms with E-state index in [4.69, 9.17) is 0 Å². The molecule has 0 aliphatic heterocycles. The second-order valence-corrected chi connectivity index (χ2v) is 7.47. The molecular formula is C22H44O2. The lowest BCUT2D eigenvalue weighted by Crippen LogP contribution is -2.19. The highest BCUT2D eigenvalue weighted by molar-refractivity contribution is 5.82.